The number of aromatic amines is 1. The number of H-pyrrole nitrogens is 1. The van der Waals surface area contributed by atoms with Crippen molar-refractivity contribution in [2.24, 2.45) is 0 Å². The molecule has 11 nitrogen and oxygen atoms in total. The molecule has 0 aliphatic carbocycles. The highest BCUT2D eigenvalue weighted by Gasteiger charge is 2.35. The van der Waals surface area contributed by atoms with Gasteiger partial charge in [-0.1, -0.05) is 6.07 Å². The second-order valence-electron chi connectivity index (χ2n) is 6.77. The summed E-state index contributed by atoms with van der Waals surface area (Å²) < 4.78 is 12.8. The van der Waals surface area contributed by atoms with E-state index in [0.717, 1.165) is 8.14 Å². The van der Waals surface area contributed by atoms with Crippen molar-refractivity contribution in [1.82, 2.24) is 9.55 Å². The van der Waals surface area contributed by atoms with Gasteiger partial charge in [0.05, 0.1) is 36.4 Å². The van der Waals surface area contributed by atoms with E-state index < -0.39 is 41.2 Å². The lowest BCUT2D eigenvalue weighted by Gasteiger charge is -2.15. The minimum Gasteiger partial charge on any atom is -0.394 e. The number of nitro groups is 1. The number of rotatable bonds is 8. The zero-order valence-electron chi connectivity index (χ0n) is 15.7. The van der Waals surface area contributed by atoms with Crippen LogP contribution in [-0.2, 0) is 22.5 Å². The van der Waals surface area contributed by atoms with Crippen molar-refractivity contribution in [1.29, 1.82) is 0 Å². The summed E-state index contributed by atoms with van der Waals surface area (Å²) in [4.78, 5) is 37.1. The third-order valence-electron chi connectivity index (χ3n) is 4.75. The van der Waals surface area contributed by atoms with Gasteiger partial charge in [-0.3, -0.25) is 24.5 Å². The first kappa shape index (κ1) is 22.6. The molecule has 3 N–H and O–H groups in total. The van der Waals surface area contributed by atoms with Gasteiger partial charge in [0, 0.05) is 34.2 Å². The standard InChI is InChI=1S/C18H20IN3O8/c19-12-2-1-10(13(5-12)22(27)28)3-4-29-9-11-7-21(18(26)20-17(11)25)16-6-14(24)15(8-23)30-16/h1-2,5,7,14-16,23-24H,3-4,6,8-9H2,(H,20,25,26)/t14-,15+,16+/m0/s1. The number of nitrogens with one attached hydrogen (secondary N) is 1. The maximum Gasteiger partial charge on any atom is 0.330 e. The topological polar surface area (TPSA) is 157 Å². The molecule has 1 aromatic carbocycles. The Labute approximate surface area is 183 Å². The van der Waals surface area contributed by atoms with Gasteiger partial charge < -0.3 is 19.7 Å². The summed E-state index contributed by atoms with van der Waals surface area (Å²) in [6.07, 6.45) is -0.892. The summed E-state index contributed by atoms with van der Waals surface area (Å²) in [6.45, 7) is -0.381. The molecule has 0 amide bonds. The van der Waals surface area contributed by atoms with E-state index in [1.54, 1.807) is 12.1 Å². The highest BCUT2D eigenvalue weighted by Crippen LogP contribution is 2.27. The van der Waals surface area contributed by atoms with E-state index >= 15 is 0 Å². The molecule has 3 rings (SSSR count). The summed E-state index contributed by atoms with van der Waals surface area (Å²) in [5.74, 6) is 0. The number of benzene rings is 1. The Bertz CT molecular complexity index is 1040. The minimum absolute atomic E-state index is 0.00674. The number of ether oxygens (including phenoxy) is 2. The third-order valence-corrected chi connectivity index (χ3v) is 5.42. The summed E-state index contributed by atoms with van der Waals surface area (Å²) >= 11 is 2.00. The van der Waals surface area contributed by atoms with E-state index in [4.69, 9.17) is 9.47 Å². The molecule has 0 bridgehead atoms. The molecule has 0 unspecified atom stereocenters. The van der Waals surface area contributed by atoms with Crippen molar-refractivity contribution in [3.8, 4) is 0 Å². The van der Waals surface area contributed by atoms with Gasteiger partial charge in [0.2, 0.25) is 0 Å². The smallest absolute Gasteiger partial charge is 0.330 e. The first-order valence-electron chi connectivity index (χ1n) is 9.09. The van der Waals surface area contributed by atoms with E-state index in [1.807, 2.05) is 22.6 Å². The summed E-state index contributed by atoms with van der Waals surface area (Å²) in [5.41, 5.74) is -0.630. The number of nitrogens with zero attached hydrogens (tertiary/aromatic N) is 2. The average molecular weight is 533 g/mol. The van der Waals surface area contributed by atoms with E-state index in [9.17, 15) is 29.9 Å². The Morgan fingerprint density at radius 1 is 1.37 bits per heavy atom. The maximum absolute atomic E-state index is 12.1. The number of aliphatic hydroxyl groups is 2. The van der Waals surface area contributed by atoms with Crippen LogP contribution in [0.5, 0.6) is 0 Å². The van der Waals surface area contributed by atoms with Gasteiger partial charge in [-0.25, -0.2) is 4.79 Å². The van der Waals surface area contributed by atoms with Crippen LogP contribution in [0, 0.1) is 13.7 Å². The first-order valence-corrected chi connectivity index (χ1v) is 10.2. The largest absolute Gasteiger partial charge is 0.394 e. The zero-order chi connectivity index (χ0) is 21.8. The lowest BCUT2D eigenvalue weighted by molar-refractivity contribution is -0.385. The molecule has 0 spiro atoms. The van der Waals surface area contributed by atoms with Crippen LogP contribution in [0.25, 0.3) is 0 Å². The van der Waals surface area contributed by atoms with Crippen LogP contribution in [0.4, 0.5) is 5.69 Å². The Morgan fingerprint density at radius 2 is 2.13 bits per heavy atom. The molecule has 1 aliphatic rings. The number of hydrogen-bond donors (Lipinski definition) is 3. The fraction of sp³-hybridized carbons (Fsp3) is 0.444. The maximum atomic E-state index is 12.1. The molecule has 1 aliphatic heterocycles. The Morgan fingerprint density at radius 3 is 2.80 bits per heavy atom. The molecule has 0 radical (unpaired) electrons. The van der Waals surface area contributed by atoms with Gasteiger partial charge in [0.1, 0.15) is 12.3 Å². The summed E-state index contributed by atoms with van der Waals surface area (Å²) in [7, 11) is 0. The van der Waals surface area contributed by atoms with Crippen molar-refractivity contribution in [2.75, 3.05) is 13.2 Å². The Balaban J connectivity index is 1.66. The normalized spacial score (nSPS) is 21.1. The molecule has 2 aromatic rings. The van der Waals surface area contributed by atoms with E-state index in [-0.39, 0.29) is 37.3 Å². The molecule has 0 saturated carbocycles. The lowest BCUT2D eigenvalue weighted by atomic mass is 10.1. The van der Waals surface area contributed by atoms with E-state index in [1.165, 1.54) is 12.3 Å². The zero-order valence-corrected chi connectivity index (χ0v) is 17.9. The number of hydrogen-bond acceptors (Lipinski definition) is 8. The van der Waals surface area contributed by atoms with Gasteiger partial charge in [-0.15, -0.1) is 0 Å². The second kappa shape index (κ2) is 9.78. The van der Waals surface area contributed by atoms with E-state index in [2.05, 4.69) is 4.98 Å². The first-order chi connectivity index (χ1) is 14.3. The molecular formula is C18H20IN3O8. The SMILES string of the molecule is O=c1[nH]c(=O)n([C@H]2C[C@H](O)[C@@H](CO)O2)cc1COCCc1ccc(I)cc1[N+](=O)[O-]. The van der Waals surface area contributed by atoms with Gasteiger partial charge in [0.15, 0.2) is 0 Å². The Kier molecular flexibility index (Phi) is 7.36. The number of aromatic nitrogens is 2. The second-order valence-corrected chi connectivity index (χ2v) is 8.01. The van der Waals surface area contributed by atoms with Gasteiger partial charge in [-0.05, 0) is 28.7 Å². The van der Waals surface area contributed by atoms with Crippen molar-refractivity contribution in [3.63, 3.8) is 0 Å². The molecule has 12 heteroatoms. The summed E-state index contributed by atoms with van der Waals surface area (Å²) in [5, 5.41) is 30.2. The van der Waals surface area contributed by atoms with Crippen LogP contribution in [0.2, 0.25) is 0 Å². The number of nitro benzene ring substituents is 1. The quantitative estimate of drug-likeness (QED) is 0.191. The molecule has 1 saturated heterocycles. The third kappa shape index (κ3) is 5.13. The molecule has 1 aromatic heterocycles. The van der Waals surface area contributed by atoms with Crippen LogP contribution >= 0.6 is 22.6 Å². The van der Waals surface area contributed by atoms with Crippen molar-refractivity contribution >= 4 is 28.3 Å². The Hall–Kier alpha value is -2.13. The monoisotopic (exact) mass is 533 g/mol. The van der Waals surface area contributed by atoms with Crippen molar-refractivity contribution in [2.45, 2.75) is 37.9 Å². The van der Waals surface area contributed by atoms with Crippen molar-refractivity contribution < 1.29 is 24.6 Å². The molecule has 1 fully saturated rings. The molecule has 3 atom stereocenters. The number of aliphatic hydroxyl groups excluding tert-OH is 2. The minimum atomic E-state index is -0.928. The predicted molar refractivity (Wildman–Crippen MR) is 112 cm³/mol. The molecule has 162 valence electrons. The predicted octanol–water partition coefficient (Wildman–Crippen LogP) is 0.449. The van der Waals surface area contributed by atoms with Crippen LogP contribution < -0.4 is 11.2 Å². The molecule has 30 heavy (non-hydrogen) atoms. The van der Waals surface area contributed by atoms with Crippen LogP contribution in [0.1, 0.15) is 23.8 Å². The fourth-order valence-electron chi connectivity index (χ4n) is 3.18. The van der Waals surface area contributed by atoms with E-state index in [0.29, 0.717) is 5.56 Å². The lowest BCUT2D eigenvalue weighted by Crippen LogP contribution is -2.34. The number of halogens is 1. The average Bonchev–Trinajstić information content (AvgIpc) is 3.07. The van der Waals surface area contributed by atoms with Gasteiger partial charge in [-0.2, -0.15) is 0 Å². The highest BCUT2D eigenvalue weighted by molar-refractivity contribution is 14.1. The molecule has 2 heterocycles. The van der Waals surface area contributed by atoms with Crippen LogP contribution in [-0.4, -0.2) is 50.1 Å². The van der Waals surface area contributed by atoms with Gasteiger partial charge in [0.25, 0.3) is 11.2 Å². The fourth-order valence-corrected chi connectivity index (χ4v) is 3.65. The summed E-state index contributed by atoms with van der Waals surface area (Å²) in [6, 6.07) is 4.90. The van der Waals surface area contributed by atoms with Crippen LogP contribution in [0.15, 0.2) is 34.0 Å². The highest BCUT2D eigenvalue weighted by atomic mass is 127. The van der Waals surface area contributed by atoms with Gasteiger partial charge >= 0.3 is 5.69 Å². The molecular weight excluding hydrogens is 513 g/mol. The van der Waals surface area contributed by atoms with Crippen molar-refractivity contribution in [3.05, 3.63) is 70.0 Å². The van der Waals surface area contributed by atoms with Crippen LogP contribution in [0.3, 0.4) is 0 Å².